The molecule has 0 spiro atoms. The van der Waals surface area contributed by atoms with Gasteiger partial charge in [0.15, 0.2) is 0 Å². The Morgan fingerprint density at radius 1 is 1.11 bits per heavy atom. The van der Waals surface area contributed by atoms with E-state index in [-0.39, 0.29) is 11.5 Å². The fraction of sp³-hybridized carbons (Fsp3) is 0.190. The summed E-state index contributed by atoms with van der Waals surface area (Å²) in [7, 11) is 0. The van der Waals surface area contributed by atoms with E-state index in [0.29, 0.717) is 36.2 Å². The molecule has 142 valence electrons. The number of benzene rings is 2. The minimum atomic E-state index is -0.171. The highest BCUT2D eigenvalue weighted by atomic mass is 16.2. The van der Waals surface area contributed by atoms with Crippen LogP contribution in [-0.2, 0) is 17.8 Å². The zero-order valence-corrected chi connectivity index (χ0v) is 15.5. The maximum atomic E-state index is 12.6. The Bertz CT molecular complexity index is 1210. The number of anilines is 1. The molecule has 2 aromatic heterocycles. The second-order valence-corrected chi connectivity index (χ2v) is 6.53. The van der Waals surface area contributed by atoms with Crippen LogP contribution in [0.4, 0.5) is 5.95 Å². The topological polar surface area (TPSA) is 91.8 Å². The van der Waals surface area contributed by atoms with Gasteiger partial charge in [0.05, 0.1) is 10.9 Å². The molecular weight excluding hydrogens is 354 g/mol. The van der Waals surface area contributed by atoms with E-state index in [1.165, 1.54) is 4.57 Å². The van der Waals surface area contributed by atoms with Crippen molar-refractivity contribution in [1.29, 1.82) is 0 Å². The number of aromatic nitrogens is 3. The van der Waals surface area contributed by atoms with Gasteiger partial charge in [-0.25, -0.2) is 4.98 Å². The number of para-hydroxylation sites is 2. The van der Waals surface area contributed by atoms with Crippen molar-refractivity contribution in [3.63, 3.8) is 0 Å². The summed E-state index contributed by atoms with van der Waals surface area (Å²) in [6.07, 6.45) is 2.87. The molecule has 28 heavy (non-hydrogen) atoms. The van der Waals surface area contributed by atoms with Gasteiger partial charge in [-0.3, -0.25) is 25.0 Å². The minimum Gasteiger partial charge on any atom is -0.361 e. The lowest BCUT2D eigenvalue weighted by molar-refractivity contribution is -0.120. The van der Waals surface area contributed by atoms with Gasteiger partial charge in [-0.2, -0.15) is 0 Å². The van der Waals surface area contributed by atoms with Crippen LogP contribution in [0.3, 0.4) is 0 Å². The van der Waals surface area contributed by atoms with E-state index in [1.54, 1.807) is 12.1 Å². The standard InChI is InChI=1S/C21H21N5O2/c1-2-26-20(28)16-8-4-6-10-18(16)23-21(26)25-24-19(27)12-11-14-13-22-17-9-5-3-7-15(14)17/h3-10,13,22H,2,11-12H2,1H3,(H,23,25)(H,24,27). The molecule has 4 aromatic rings. The lowest BCUT2D eigenvalue weighted by Gasteiger charge is -2.14. The number of carbonyl (C=O) groups is 1. The molecule has 0 aliphatic carbocycles. The predicted molar refractivity (Wildman–Crippen MR) is 110 cm³/mol. The number of hydrazine groups is 1. The van der Waals surface area contributed by atoms with Crippen molar-refractivity contribution in [1.82, 2.24) is 20.0 Å². The summed E-state index contributed by atoms with van der Waals surface area (Å²) in [5.74, 6) is 0.155. The van der Waals surface area contributed by atoms with Crippen LogP contribution in [0, 0.1) is 0 Å². The SMILES string of the molecule is CCn1c(NNC(=O)CCc2c[nH]c3ccccc23)nc2ccccc2c1=O. The first-order valence-electron chi connectivity index (χ1n) is 9.27. The Labute approximate surface area is 161 Å². The Morgan fingerprint density at radius 3 is 2.68 bits per heavy atom. The molecule has 7 heteroatoms. The fourth-order valence-electron chi connectivity index (χ4n) is 3.33. The molecule has 2 aromatic carbocycles. The number of aromatic amines is 1. The maximum Gasteiger partial charge on any atom is 0.262 e. The number of rotatable bonds is 6. The zero-order chi connectivity index (χ0) is 19.5. The Balaban J connectivity index is 1.45. The summed E-state index contributed by atoms with van der Waals surface area (Å²) < 4.78 is 1.50. The van der Waals surface area contributed by atoms with Gasteiger partial charge < -0.3 is 4.98 Å². The number of aryl methyl sites for hydroxylation is 1. The highest BCUT2D eigenvalue weighted by molar-refractivity contribution is 5.84. The quantitative estimate of drug-likeness (QED) is 0.452. The van der Waals surface area contributed by atoms with Crippen LogP contribution in [0.1, 0.15) is 18.9 Å². The third kappa shape index (κ3) is 3.34. The number of fused-ring (bicyclic) bond motifs is 2. The molecule has 0 fully saturated rings. The monoisotopic (exact) mass is 375 g/mol. The molecule has 0 aliphatic heterocycles. The molecular formula is C21H21N5O2. The van der Waals surface area contributed by atoms with E-state index in [9.17, 15) is 9.59 Å². The molecule has 1 amide bonds. The van der Waals surface area contributed by atoms with Crippen molar-refractivity contribution in [2.75, 3.05) is 5.43 Å². The molecule has 0 unspecified atom stereocenters. The zero-order valence-electron chi connectivity index (χ0n) is 15.5. The van der Waals surface area contributed by atoms with E-state index in [2.05, 4.69) is 20.8 Å². The van der Waals surface area contributed by atoms with Crippen LogP contribution in [0.2, 0.25) is 0 Å². The van der Waals surface area contributed by atoms with Gasteiger partial charge in [-0.1, -0.05) is 30.3 Å². The highest BCUT2D eigenvalue weighted by Crippen LogP contribution is 2.19. The van der Waals surface area contributed by atoms with Crippen LogP contribution in [0.25, 0.3) is 21.8 Å². The van der Waals surface area contributed by atoms with Crippen molar-refractivity contribution in [2.45, 2.75) is 26.3 Å². The lowest BCUT2D eigenvalue weighted by Crippen LogP contribution is -2.34. The molecule has 0 saturated heterocycles. The van der Waals surface area contributed by atoms with E-state index in [1.807, 2.05) is 49.5 Å². The van der Waals surface area contributed by atoms with Gasteiger partial charge in [0.2, 0.25) is 11.9 Å². The predicted octanol–water partition coefficient (Wildman–Crippen LogP) is 2.97. The van der Waals surface area contributed by atoms with E-state index in [4.69, 9.17) is 0 Å². The average molecular weight is 375 g/mol. The molecule has 0 radical (unpaired) electrons. The number of carbonyl (C=O) groups excluding carboxylic acids is 1. The van der Waals surface area contributed by atoms with E-state index < -0.39 is 0 Å². The van der Waals surface area contributed by atoms with Gasteiger partial charge in [0.25, 0.3) is 5.56 Å². The molecule has 0 saturated carbocycles. The number of nitrogens with zero attached hydrogens (tertiary/aromatic N) is 2. The number of nitrogens with one attached hydrogen (secondary N) is 3. The molecule has 0 aliphatic rings. The third-order valence-electron chi connectivity index (χ3n) is 4.79. The fourth-order valence-corrected chi connectivity index (χ4v) is 3.33. The number of hydrogen-bond acceptors (Lipinski definition) is 4. The van der Waals surface area contributed by atoms with Crippen molar-refractivity contribution in [2.24, 2.45) is 0 Å². The summed E-state index contributed by atoms with van der Waals surface area (Å²) in [5, 5.41) is 1.68. The van der Waals surface area contributed by atoms with Crippen LogP contribution in [-0.4, -0.2) is 20.4 Å². The summed E-state index contributed by atoms with van der Waals surface area (Å²) in [4.78, 5) is 32.6. The van der Waals surface area contributed by atoms with Gasteiger partial charge in [-0.05, 0) is 37.1 Å². The Morgan fingerprint density at radius 2 is 1.86 bits per heavy atom. The van der Waals surface area contributed by atoms with Crippen molar-refractivity contribution < 1.29 is 4.79 Å². The lowest BCUT2D eigenvalue weighted by atomic mass is 10.1. The van der Waals surface area contributed by atoms with E-state index in [0.717, 1.165) is 16.5 Å². The smallest absolute Gasteiger partial charge is 0.262 e. The van der Waals surface area contributed by atoms with Gasteiger partial charge in [0, 0.05) is 30.1 Å². The molecule has 2 heterocycles. The molecule has 0 bridgehead atoms. The first-order valence-corrected chi connectivity index (χ1v) is 9.27. The molecule has 3 N–H and O–H groups in total. The highest BCUT2D eigenvalue weighted by Gasteiger charge is 2.11. The number of hydrogen-bond donors (Lipinski definition) is 3. The molecule has 4 rings (SSSR count). The minimum absolute atomic E-state index is 0.136. The van der Waals surface area contributed by atoms with Crippen LogP contribution in [0.15, 0.2) is 59.5 Å². The third-order valence-corrected chi connectivity index (χ3v) is 4.79. The summed E-state index contributed by atoms with van der Waals surface area (Å²) in [6.45, 7) is 2.31. The maximum absolute atomic E-state index is 12.6. The van der Waals surface area contributed by atoms with Gasteiger partial charge in [0.1, 0.15) is 0 Å². The van der Waals surface area contributed by atoms with Crippen molar-refractivity contribution >= 4 is 33.7 Å². The normalized spacial score (nSPS) is 11.0. The van der Waals surface area contributed by atoms with Crippen molar-refractivity contribution in [3.05, 3.63) is 70.6 Å². The second kappa shape index (κ2) is 7.56. The van der Waals surface area contributed by atoms with Crippen LogP contribution < -0.4 is 16.4 Å². The first kappa shape index (κ1) is 17.8. The van der Waals surface area contributed by atoms with Crippen molar-refractivity contribution in [3.8, 4) is 0 Å². The summed E-state index contributed by atoms with van der Waals surface area (Å²) >= 11 is 0. The largest absolute Gasteiger partial charge is 0.361 e. The summed E-state index contributed by atoms with van der Waals surface area (Å²) in [6, 6.07) is 15.2. The summed E-state index contributed by atoms with van der Waals surface area (Å²) in [5.41, 5.74) is 8.07. The Hall–Kier alpha value is -3.61. The number of H-pyrrole nitrogens is 1. The second-order valence-electron chi connectivity index (χ2n) is 6.53. The Kier molecular flexibility index (Phi) is 4.80. The molecule has 0 atom stereocenters. The molecule has 7 nitrogen and oxygen atoms in total. The number of amides is 1. The van der Waals surface area contributed by atoms with Crippen LogP contribution >= 0.6 is 0 Å². The van der Waals surface area contributed by atoms with Gasteiger partial charge >= 0.3 is 0 Å². The first-order chi connectivity index (χ1) is 13.7. The van der Waals surface area contributed by atoms with Gasteiger partial charge in [-0.15, -0.1) is 0 Å². The average Bonchev–Trinajstić information content (AvgIpc) is 3.14. The van der Waals surface area contributed by atoms with E-state index >= 15 is 0 Å². The van der Waals surface area contributed by atoms with Crippen LogP contribution in [0.5, 0.6) is 0 Å².